The Bertz CT molecular complexity index is 221. The van der Waals surface area contributed by atoms with E-state index in [0.717, 1.165) is 19.3 Å². The number of ether oxygens (including phenoxy) is 1. The molecule has 0 aliphatic rings. The zero-order valence-corrected chi connectivity index (χ0v) is 12.0. The Hall–Kier alpha value is -0.530. The highest BCUT2D eigenvalue weighted by atomic mass is 16.5. The van der Waals surface area contributed by atoms with Crippen LogP contribution in [0, 0.1) is 10.8 Å². The Labute approximate surface area is 101 Å². The van der Waals surface area contributed by atoms with Crippen molar-refractivity contribution < 1.29 is 9.53 Å². The van der Waals surface area contributed by atoms with Crippen molar-refractivity contribution in [1.82, 2.24) is 0 Å². The monoisotopic (exact) mass is 228 g/mol. The lowest BCUT2D eigenvalue weighted by atomic mass is 9.74. The first kappa shape index (κ1) is 15.5. The van der Waals surface area contributed by atoms with Crippen LogP contribution in [0.2, 0.25) is 0 Å². The van der Waals surface area contributed by atoms with Gasteiger partial charge in [0.25, 0.3) is 0 Å². The quantitative estimate of drug-likeness (QED) is 0.660. The summed E-state index contributed by atoms with van der Waals surface area (Å²) >= 11 is 0. The number of hydrogen-bond donors (Lipinski definition) is 0. The Morgan fingerprint density at radius 3 is 1.81 bits per heavy atom. The van der Waals surface area contributed by atoms with Gasteiger partial charge in [-0.15, -0.1) is 0 Å². The zero-order valence-electron chi connectivity index (χ0n) is 12.0. The van der Waals surface area contributed by atoms with Crippen molar-refractivity contribution in [1.29, 1.82) is 0 Å². The van der Waals surface area contributed by atoms with Crippen LogP contribution in [0.3, 0.4) is 0 Å². The van der Waals surface area contributed by atoms with Crippen LogP contribution in [0.25, 0.3) is 0 Å². The molecule has 0 aromatic rings. The van der Waals surface area contributed by atoms with Gasteiger partial charge in [-0.05, 0) is 17.3 Å². The average molecular weight is 228 g/mol. The molecule has 0 saturated carbocycles. The molecule has 0 saturated heterocycles. The van der Waals surface area contributed by atoms with Crippen LogP contribution in [-0.4, -0.2) is 12.1 Å². The lowest BCUT2D eigenvalue weighted by Crippen LogP contribution is -2.36. The molecule has 0 aromatic carbocycles. The van der Waals surface area contributed by atoms with Crippen LogP contribution in [0.15, 0.2) is 0 Å². The number of esters is 1. The fourth-order valence-corrected chi connectivity index (χ4v) is 1.71. The Morgan fingerprint density at radius 1 is 1.12 bits per heavy atom. The maximum Gasteiger partial charge on any atom is 0.302 e. The Morgan fingerprint density at radius 2 is 1.56 bits per heavy atom. The van der Waals surface area contributed by atoms with Gasteiger partial charge in [-0.25, -0.2) is 0 Å². The molecule has 0 fully saturated rings. The Balaban J connectivity index is 4.73. The molecule has 1 unspecified atom stereocenters. The molecule has 1 atom stereocenters. The highest BCUT2D eigenvalue weighted by Crippen LogP contribution is 2.37. The first-order valence-electron chi connectivity index (χ1n) is 6.32. The van der Waals surface area contributed by atoms with E-state index in [4.69, 9.17) is 4.74 Å². The summed E-state index contributed by atoms with van der Waals surface area (Å²) in [6.45, 7) is 14.6. The number of carbonyl (C=O) groups excluding carboxylic acids is 1. The molecule has 0 aliphatic heterocycles. The molecule has 2 heteroatoms. The first-order chi connectivity index (χ1) is 7.14. The minimum Gasteiger partial charge on any atom is -0.462 e. The van der Waals surface area contributed by atoms with Crippen molar-refractivity contribution >= 4 is 5.97 Å². The first-order valence-corrected chi connectivity index (χ1v) is 6.32. The molecular weight excluding hydrogens is 200 g/mol. The third-order valence-electron chi connectivity index (χ3n) is 3.66. The van der Waals surface area contributed by atoms with Gasteiger partial charge in [0.05, 0.1) is 0 Å². The molecular formula is C14H28O2. The molecule has 2 nitrogen and oxygen atoms in total. The fraction of sp³-hybridized carbons (Fsp3) is 0.929. The molecule has 0 amide bonds. The molecule has 0 aromatic heterocycles. The van der Waals surface area contributed by atoms with E-state index in [1.807, 2.05) is 0 Å². The van der Waals surface area contributed by atoms with E-state index in [1.54, 1.807) is 0 Å². The van der Waals surface area contributed by atoms with Gasteiger partial charge in [-0.3, -0.25) is 4.79 Å². The number of hydrogen-bond acceptors (Lipinski definition) is 2. The largest absolute Gasteiger partial charge is 0.462 e. The minimum atomic E-state index is -0.172. The summed E-state index contributed by atoms with van der Waals surface area (Å²) in [5, 5.41) is 0. The van der Waals surface area contributed by atoms with E-state index in [0.29, 0.717) is 0 Å². The zero-order chi connectivity index (χ0) is 13.0. The highest BCUT2D eigenvalue weighted by Gasteiger charge is 2.34. The molecule has 0 rings (SSSR count). The van der Waals surface area contributed by atoms with Gasteiger partial charge in [0.15, 0.2) is 0 Å². The van der Waals surface area contributed by atoms with E-state index in [-0.39, 0.29) is 22.9 Å². The van der Waals surface area contributed by atoms with Crippen LogP contribution < -0.4 is 0 Å². The van der Waals surface area contributed by atoms with Crippen molar-refractivity contribution in [2.45, 2.75) is 73.8 Å². The summed E-state index contributed by atoms with van der Waals surface area (Å²) in [4.78, 5) is 11.1. The number of carbonyl (C=O) groups is 1. The van der Waals surface area contributed by atoms with Gasteiger partial charge in [0.2, 0.25) is 0 Å². The second-order valence-electron chi connectivity index (χ2n) is 6.19. The topological polar surface area (TPSA) is 26.3 Å². The summed E-state index contributed by atoms with van der Waals surface area (Å²) in [5.74, 6) is -0.172. The normalized spacial score (nSPS) is 14.7. The lowest BCUT2D eigenvalue weighted by molar-refractivity contribution is -0.154. The van der Waals surface area contributed by atoms with Crippen LogP contribution in [-0.2, 0) is 9.53 Å². The van der Waals surface area contributed by atoms with Gasteiger partial charge < -0.3 is 4.74 Å². The summed E-state index contributed by atoms with van der Waals surface area (Å²) in [7, 11) is 0. The second kappa shape index (κ2) is 5.70. The van der Waals surface area contributed by atoms with Crippen molar-refractivity contribution in [3.8, 4) is 0 Å². The molecule has 0 radical (unpaired) electrons. The van der Waals surface area contributed by atoms with Crippen LogP contribution in [0.5, 0.6) is 0 Å². The van der Waals surface area contributed by atoms with Crippen LogP contribution in [0.4, 0.5) is 0 Å². The summed E-state index contributed by atoms with van der Waals surface area (Å²) in [5.41, 5.74) is 0.282. The van der Waals surface area contributed by atoms with E-state index >= 15 is 0 Å². The summed E-state index contributed by atoms with van der Waals surface area (Å²) < 4.78 is 5.48. The van der Waals surface area contributed by atoms with Gasteiger partial charge in [-0.2, -0.15) is 0 Å². The Kier molecular flexibility index (Phi) is 5.51. The van der Waals surface area contributed by atoms with Crippen molar-refractivity contribution in [3.05, 3.63) is 0 Å². The third kappa shape index (κ3) is 5.00. The van der Waals surface area contributed by atoms with E-state index in [9.17, 15) is 4.79 Å². The maximum absolute atomic E-state index is 11.1. The molecule has 16 heavy (non-hydrogen) atoms. The van der Waals surface area contributed by atoms with Crippen molar-refractivity contribution in [3.63, 3.8) is 0 Å². The minimum absolute atomic E-state index is 0.00917. The molecule has 0 aliphatic carbocycles. The second-order valence-corrected chi connectivity index (χ2v) is 6.19. The smallest absolute Gasteiger partial charge is 0.302 e. The predicted molar refractivity (Wildman–Crippen MR) is 68.3 cm³/mol. The van der Waals surface area contributed by atoms with E-state index < -0.39 is 0 Å². The summed E-state index contributed by atoms with van der Waals surface area (Å²) in [6, 6.07) is 0. The predicted octanol–water partition coefficient (Wildman–Crippen LogP) is 4.18. The SMILES string of the molecule is CCC(C)(CC)CC(OC(C)=O)C(C)(C)C. The van der Waals surface area contributed by atoms with E-state index in [1.165, 1.54) is 6.92 Å². The van der Waals surface area contributed by atoms with Crippen LogP contribution in [0.1, 0.15) is 67.7 Å². The van der Waals surface area contributed by atoms with Crippen LogP contribution >= 0.6 is 0 Å². The molecule has 0 bridgehead atoms. The molecule has 0 spiro atoms. The molecule has 0 N–H and O–H groups in total. The summed E-state index contributed by atoms with van der Waals surface area (Å²) in [6.07, 6.45) is 3.20. The standard InChI is InChI=1S/C14H28O2/c1-8-14(7,9-2)10-12(13(4,5)6)16-11(3)15/h12H,8-10H2,1-7H3. The van der Waals surface area contributed by atoms with Gasteiger partial charge in [0.1, 0.15) is 6.10 Å². The maximum atomic E-state index is 11.1. The van der Waals surface area contributed by atoms with Gasteiger partial charge in [0, 0.05) is 6.92 Å². The average Bonchev–Trinajstić information content (AvgIpc) is 2.14. The fourth-order valence-electron chi connectivity index (χ4n) is 1.71. The van der Waals surface area contributed by atoms with Gasteiger partial charge in [-0.1, -0.05) is 54.4 Å². The molecule has 96 valence electrons. The highest BCUT2D eigenvalue weighted by molar-refractivity contribution is 5.66. The van der Waals surface area contributed by atoms with E-state index in [2.05, 4.69) is 41.5 Å². The van der Waals surface area contributed by atoms with Gasteiger partial charge >= 0.3 is 5.97 Å². The lowest BCUT2D eigenvalue weighted by Gasteiger charge is -2.37. The number of rotatable bonds is 5. The third-order valence-corrected chi connectivity index (χ3v) is 3.66. The van der Waals surface area contributed by atoms with Crippen molar-refractivity contribution in [2.24, 2.45) is 10.8 Å². The molecule has 0 heterocycles. The van der Waals surface area contributed by atoms with Crippen molar-refractivity contribution in [2.75, 3.05) is 0 Å².